The summed E-state index contributed by atoms with van der Waals surface area (Å²) < 4.78 is 0. The summed E-state index contributed by atoms with van der Waals surface area (Å²) in [7, 11) is 0. The van der Waals surface area contributed by atoms with Crippen molar-refractivity contribution in [2.75, 3.05) is 26.2 Å². The second-order valence-electron chi connectivity index (χ2n) is 5.50. The maximum atomic E-state index is 3.89. The van der Waals surface area contributed by atoms with Crippen LogP contribution < -0.4 is 0 Å². The van der Waals surface area contributed by atoms with Gasteiger partial charge in [0.1, 0.15) is 0 Å². The fourth-order valence-electron chi connectivity index (χ4n) is 3.05. The summed E-state index contributed by atoms with van der Waals surface area (Å²) in [5, 5.41) is 0. The Bertz CT molecular complexity index is 252. The van der Waals surface area contributed by atoms with Gasteiger partial charge in [0.2, 0.25) is 0 Å². The molecule has 2 nitrogen and oxygen atoms in total. The second kappa shape index (κ2) is 7.75. The van der Waals surface area contributed by atoms with Crippen molar-refractivity contribution in [3.05, 3.63) is 25.3 Å². The lowest BCUT2D eigenvalue weighted by Crippen LogP contribution is -2.55. The van der Waals surface area contributed by atoms with Crippen molar-refractivity contribution in [2.24, 2.45) is 0 Å². The van der Waals surface area contributed by atoms with Crippen LogP contribution in [0.4, 0.5) is 0 Å². The van der Waals surface area contributed by atoms with Gasteiger partial charge in [-0.25, -0.2) is 0 Å². The predicted octanol–water partition coefficient (Wildman–Crippen LogP) is 3.66. The summed E-state index contributed by atoms with van der Waals surface area (Å²) in [5.74, 6) is 0. The van der Waals surface area contributed by atoms with Gasteiger partial charge in [-0.15, -0.1) is 13.2 Å². The summed E-state index contributed by atoms with van der Waals surface area (Å²) >= 11 is 0. The number of rotatable bonds is 9. The number of likely N-dealkylation sites (tertiary alicyclic amines) is 1. The first kappa shape index (κ1) is 15.5. The van der Waals surface area contributed by atoms with Crippen LogP contribution in [-0.4, -0.2) is 41.6 Å². The molecule has 1 saturated heterocycles. The molecule has 0 bridgehead atoms. The largest absolute Gasteiger partial charge is 0.286 e. The van der Waals surface area contributed by atoms with Gasteiger partial charge in [-0.3, -0.25) is 9.80 Å². The van der Waals surface area contributed by atoms with Crippen molar-refractivity contribution < 1.29 is 0 Å². The monoisotopic (exact) mass is 250 g/mol. The van der Waals surface area contributed by atoms with Gasteiger partial charge < -0.3 is 0 Å². The third-order valence-electron chi connectivity index (χ3n) is 4.17. The molecule has 0 saturated carbocycles. The average Bonchev–Trinajstić information content (AvgIpc) is 2.72. The fraction of sp³-hybridized carbons (Fsp3) is 0.750. The molecule has 1 atom stereocenters. The Kier molecular flexibility index (Phi) is 6.66. The SMILES string of the molecule is C=CCN(CC=C)C1(C)CCCN1CCCCC. The van der Waals surface area contributed by atoms with Gasteiger partial charge in [-0.05, 0) is 39.3 Å². The topological polar surface area (TPSA) is 6.48 Å². The van der Waals surface area contributed by atoms with E-state index in [1.54, 1.807) is 0 Å². The fourth-order valence-corrected chi connectivity index (χ4v) is 3.05. The Morgan fingerprint density at radius 2 is 1.89 bits per heavy atom. The molecule has 0 aromatic rings. The third kappa shape index (κ3) is 3.69. The molecule has 1 aliphatic heterocycles. The van der Waals surface area contributed by atoms with Crippen molar-refractivity contribution in [1.29, 1.82) is 0 Å². The quantitative estimate of drug-likeness (QED) is 0.455. The standard InChI is InChI=1S/C16H30N2/c1-5-8-9-14-18-15-10-11-16(18,4)17(12-6-2)13-7-3/h6-7H,2-3,5,8-15H2,1,4H3. The molecule has 0 spiro atoms. The first-order chi connectivity index (χ1) is 8.69. The summed E-state index contributed by atoms with van der Waals surface area (Å²) in [5.41, 5.74) is 0.204. The highest BCUT2D eigenvalue weighted by Crippen LogP contribution is 2.32. The van der Waals surface area contributed by atoms with Crippen molar-refractivity contribution >= 4 is 0 Å². The lowest BCUT2D eigenvalue weighted by molar-refractivity contribution is -0.00223. The lowest BCUT2D eigenvalue weighted by atomic mass is 10.1. The minimum absolute atomic E-state index is 0.204. The first-order valence-corrected chi connectivity index (χ1v) is 7.41. The molecule has 18 heavy (non-hydrogen) atoms. The van der Waals surface area contributed by atoms with Crippen LogP contribution in [0.2, 0.25) is 0 Å². The molecule has 0 radical (unpaired) electrons. The van der Waals surface area contributed by atoms with Crippen molar-refractivity contribution in [1.82, 2.24) is 9.80 Å². The Hall–Kier alpha value is -0.600. The normalized spacial score (nSPS) is 24.6. The summed E-state index contributed by atoms with van der Waals surface area (Å²) in [6, 6.07) is 0. The van der Waals surface area contributed by atoms with Crippen LogP contribution in [0.15, 0.2) is 25.3 Å². The highest BCUT2D eigenvalue weighted by atomic mass is 15.4. The van der Waals surface area contributed by atoms with E-state index in [2.05, 4.69) is 36.8 Å². The molecule has 1 aliphatic rings. The van der Waals surface area contributed by atoms with E-state index >= 15 is 0 Å². The molecule has 2 heteroatoms. The van der Waals surface area contributed by atoms with E-state index in [0.29, 0.717) is 0 Å². The van der Waals surface area contributed by atoms with Gasteiger partial charge in [0.05, 0.1) is 5.66 Å². The van der Waals surface area contributed by atoms with Crippen LogP contribution in [0.5, 0.6) is 0 Å². The highest BCUT2D eigenvalue weighted by Gasteiger charge is 2.40. The van der Waals surface area contributed by atoms with Gasteiger partial charge in [0.15, 0.2) is 0 Å². The first-order valence-electron chi connectivity index (χ1n) is 7.41. The van der Waals surface area contributed by atoms with E-state index in [-0.39, 0.29) is 5.66 Å². The van der Waals surface area contributed by atoms with E-state index in [0.717, 1.165) is 13.1 Å². The van der Waals surface area contributed by atoms with E-state index in [1.807, 2.05) is 12.2 Å². The summed E-state index contributed by atoms with van der Waals surface area (Å²) in [6.07, 6.45) is 10.6. The van der Waals surface area contributed by atoms with Gasteiger partial charge >= 0.3 is 0 Å². The Morgan fingerprint density at radius 3 is 2.44 bits per heavy atom. The molecule has 0 amide bonds. The molecule has 104 valence electrons. The molecule has 1 unspecified atom stereocenters. The van der Waals surface area contributed by atoms with Crippen LogP contribution in [0.3, 0.4) is 0 Å². The highest BCUT2D eigenvalue weighted by molar-refractivity contribution is 4.96. The molecular formula is C16H30N2. The zero-order valence-corrected chi connectivity index (χ0v) is 12.3. The van der Waals surface area contributed by atoms with E-state index in [9.17, 15) is 0 Å². The van der Waals surface area contributed by atoms with E-state index < -0.39 is 0 Å². The van der Waals surface area contributed by atoms with Gasteiger partial charge in [0.25, 0.3) is 0 Å². The lowest BCUT2D eigenvalue weighted by Gasteiger charge is -2.44. The van der Waals surface area contributed by atoms with Crippen LogP contribution in [0.25, 0.3) is 0 Å². The maximum absolute atomic E-state index is 3.89. The minimum atomic E-state index is 0.204. The smallest absolute Gasteiger partial charge is 0.0714 e. The van der Waals surface area contributed by atoms with Crippen LogP contribution in [0.1, 0.15) is 46.0 Å². The Morgan fingerprint density at radius 1 is 1.22 bits per heavy atom. The van der Waals surface area contributed by atoms with Crippen LogP contribution >= 0.6 is 0 Å². The molecule has 1 rings (SSSR count). The third-order valence-corrected chi connectivity index (χ3v) is 4.17. The van der Waals surface area contributed by atoms with Crippen LogP contribution in [0, 0.1) is 0 Å². The number of nitrogens with zero attached hydrogens (tertiary/aromatic N) is 2. The number of unbranched alkanes of at least 4 members (excludes halogenated alkanes) is 2. The average molecular weight is 250 g/mol. The zero-order valence-electron chi connectivity index (χ0n) is 12.3. The molecule has 0 aromatic heterocycles. The van der Waals surface area contributed by atoms with Gasteiger partial charge in [0, 0.05) is 13.1 Å². The van der Waals surface area contributed by atoms with Crippen molar-refractivity contribution in [2.45, 2.75) is 51.6 Å². The van der Waals surface area contributed by atoms with Crippen LogP contribution in [-0.2, 0) is 0 Å². The van der Waals surface area contributed by atoms with Crippen molar-refractivity contribution in [3.8, 4) is 0 Å². The zero-order chi connectivity index (χ0) is 13.4. The molecule has 1 fully saturated rings. The summed E-state index contributed by atoms with van der Waals surface area (Å²) in [4.78, 5) is 5.17. The van der Waals surface area contributed by atoms with E-state index in [1.165, 1.54) is 45.2 Å². The molecule has 0 aromatic carbocycles. The summed E-state index contributed by atoms with van der Waals surface area (Å²) in [6.45, 7) is 16.8. The van der Waals surface area contributed by atoms with Crippen molar-refractivity contribution in [3.63, 3.8) is 0 Å². The number of hydrogen-bond acceptors (Lipinski definition) is 2. The predicted molar refractivity (Wildman–Crippen MR) is 80.7 cm³/mol. The second-order valence-corrected chi connectivity index (χ2v) is 5.50. The minimum Gasteiger partial charge on any atom is -0.286 e. The van der Waals surface area contributed by atoms with E-state index in [4.69, 9.17) is 0 Å². The van der Waals surface area contributed by atoms with Gasteiger partial charge in [-0.2, -0.15) is 0 Å². The van der Waals surface area contributed by atoms with Gasteiger partial charge in [-0.1, -0.05) is 31.9 Å². The Labute approximate surface area is 113 Å². The molecule has 1 heterocycles. The molecule has 0 N–H and O–H groups in total. The molecular weight excluding hydrogens is 220 g/mol. The molecule has 0 aliphatic carbocycles. The Balaban J connectivity index is 2.65. The number of hydrogen-bond donors (Lipinski definition) is 0. The maximum Gasteiger partial charge on any atom is 0.0714 e.